The number of rotatable bonds is 6. The SMILES string of the molecule is CCc1ccc(NC(=O)COC(=O)[C@H]2CC(=O)N(c3ccccc3Cl)C2)cc1. The van der Waals surface area contributed by atoms with Crippen LogP contribution < -0.4 is 10.2 Å². The predicted molar refractivity (Wildman–Crippen MR) is 107 cm³/mol. The normalized spacial score (nSPS) is 16.1. The van der Waals surface area contributed by atoms with Crippen molar-refractivity contribution in [3.63, 3.8) is 0 Å². The first-order valence-corrected chi connectivity index (χ1v) is 9.46. The minimum atomic E-state index is -0.625. The lowest BCUT2D eigenvalue weighted by atomic mass is 10.1. The third-order valence-corrected chi connectivity index (χ3v) is 4.91. The summed E-state index contributed by atoms with van der Waals surface area (Å²) in [5.41, 5.74) is 2.37. The fourth-order valence-electron chi connectivity index (χ4n) is 3.04. The summed E-state index contributed by atoms with van der Waals surface area (Å²) in [7, 11) is 0. The average molecular weight is 401 g/mol. The molecule has 1 N–H and O–H groups in total. The second-order valence-corrected chi connectivity index (χ2v) is 6.97. The van der Waals surface area contributed by atoms with Gasteiger partial charge in [0.15, 0.2) is 6.61 Å². The number of amides is 2. The van der Waals surface area contributed by atoms with Gasteiger partial charge in [0.2, 0.25) is 5.91 Å². The molecule has 1 saturated heterocycles. The van der Waals surface area contributed by atoms with Gasteiger partial charge in [-0.15, -0.1) is 0 Å². The lowest BCUT2D eigenvalue weighted by molar-refractivity contribution is -0.151. The van der Waals surface area contributed by atoms with Gasteiger partial charge in [-0.2, -0.15) is 0 Å². The number of benzene rings is 2. The van der Waals surface area contributed by atoms with Crippen molar-refractivity contribution < 1.29 is 19.1 Å². The minimum Gasteiger partial charge on any atom is -0.455 e. The van der Waals surface area contributed by atoms with Gasteiger partial charge in [-0.05, 0) is 36.2 Å². The number of halogens is 1. The van der Waals surface area contributed by atoms with Crippen molar-refractivity contribution in [2.24, 2.45) is 5.92 Å². The molecule has 0 radical (unpaired) electrons. The Morgan fingerprint density at radius 1 is 1.18 bits per heavy atom. The Morgan fingerprint density at radius 3 is 2.57 bits per heavy atom. The number of nitrogens with one attached hydrogen (secondary N) is 1. The predicted octanol–water partition coefficient (Wildman–Crippen LogP) is 3.44. The monoisotopic (exact) mass is 400 g/mol. The quantitative estimate of drug-likeness (QED) is 0.753. The molecule has 1 aliphatic heterocycles. The molecule has 0 unspecified atom stereocenters. The molecule has 146 valence electrons. The summed E-state index contributed by atoms with van der Waals surface area (Å²) < 4.78 is 5.10. The molecule has 2 amide bonds. The average Bonchev–Trinajstić information content (AvgIpc) is 3.08. The van der Waals surface area contributed by atoms with E-state index in [0.717, 1.165) is 6.42 Å². The second kappa shape index (κ2) is 8.89. The number of hydrogen-bond acceptors (Lipinski definition) is 4. The van der Waals surface area contributed by atoms with Gasteiger partial charge in [0.1, 0.15) is 0 Å². The Balaban J connectivity index is 1.51. The van der Waals surface area contributed by atoms with Crippen LogP contribution in [-0.4, -0.2) is 30.9 Å². The van der Waals surface area contributed by atoms with E-state index in [-0.39, 0.29) is 18.9 Å². The maximum atomic E-state index is 12.3. The van der Waals surface area contributed by atoms with Crippen LogP contribution in [-0.2, 0) is 25.5 Å². The molecule has 2 aromatic carbocycles. The Kier molecular flexibility index (Phi) is 6.31. The van der Waals surface area contributed by atoms with Gasteiger partial charge in [-0.25, -0.2) is 0 Å². The van der Waals surface area contributed by atoms with Crippen LogP contribution in [0.2, 0.25) is 5.02 Å². The largest absolute Gasteiger partial charge is 0.455 e. The van der Waals surface area contributed by atoms with E-state index < -0.39 is 24.4 Å². The maximum Gasteiger partial charge on any atom is 0.311 e. The molecule has 1 heterocycles. The van der Waals surface area contributed by atoms with Crippen molar-refractivity contribution in [3.05, 3.63) is 59.1 Å². The molecule has 0 saturated carbocycles. The molecule has 0 aromatic heterocycles. The number of nitrogens with zero attached hydrogens (tertiary/aromatic N) is 1. The van der Waals surface area contributed by atoms with Gasteiger partial charge in [-0.1, -0.05) is 42.8 Å². The van der Waals surface area contributed by atoms with Crippen LogP contribution in [0.5, 0.6) is 0 Å². The first kappa shape index (κ1) is 19.9. The molecular weight excluding hydrogens is 380 g/mol. The van der Waals surface area contributed by atoms with Gasteiger partial charge in [0.25, 0.3) is 5.91 Å². The summed E-state index contributed by atoms with van der Waals surface area (Å²) in [5, 5.41) is 3.12. The highest BCUT2D eigenvalue weighted by atomic mass is 35.5. The lowest BCUT2D eigenvalue weighted by Gasteiger charge is -2.17. The van der Waals surface area contributed by atoms with Crippen molar-refractivity contribution in [2.45, 2.75) is 19.8 Å². The number of para-hydroxylation sites is 1. The molecule has 7 heteroatoms. The number of ether oxygens (including phenoxy) is 1. The van der Waals surface area contributed by atoms with Crippen LogP contribution in [0.25, 0.3) is 0 Å². The zero-order valence-electron chi connectivity index (χ0n) is 15.5. The van der Waals surface area contributed by atoms with Crippen LogP contribution in [0, 0.1) is 5.92 Å². The van der Waals surface area contributed by atoms with Crippen LogP contribution in [0.3, 0.4) is 0 Å². The van der Waals surface area contributed by atoms with Gasteiger partial charge >= 0.3 is 5.97 Å². The Labute approximate surface area is 168 Å². The van der Waals surface area contributed by atoms with Crippen molar-refractivity contribution in [1.82, 2.24) is 0 Å². The van der Waals surface area contributed by atoms with Crippen molar-refractivity contribution in [3.8, 4) is 0 Å². The Bertz CT molecular complexity index is 882. The molecule has 0 aliphatic carbocycles. The van der Waals surface area contributed by atoms with E-state index in [9.17, 15) is 14.4 Å². The standard InChI is InChI=1S/C21H21ClN2O4/c1-2-14-7-9-16(10-8-14)23-19(25)13-28-21(27)15-11-20(26)24(12-15)18-6-4-3-5-17(18)22/h3-10,15H,2,11-13H2,1H3,(H,23,25)/t15-/m0/s1. The highest BCUT2D eigenvalue weighted by Gasteiger charge is 2.37. The summed E-state index contributed by atoms with van der Waals surface area (Å²) in [4.78, 5) is 38.0. The molecule has 1 aliphatic rings. The first-order valence-electron chi connectivity index (χ1n) is 9.08. The zero-order chi connectivity index (χ0) is 20.1. The highest BCUT2D eigenvalue weighted by Crippen LogP contribution is 2.31. The molecular formula is C21H21ClN2O4. The third kappa shape index (κ3) is 4.70. The Morgan fingerprint density at radius 2 is 1.89 bits per heavy atom. The van der Waals surface area contributed by atoms with E-state index in [0.29, 0.717) is 16.4 Å². The van der Waals surface area contributed by atoms with Gasteiger partial charge in [-0.3, -0.25) is 14.4 Å². The summed E-state index contributed by atoms with van der Waals surface area (Å²) in [5.74, 6) is -1.82. The first-order chi connectivity index (χ1) is 13.5. The summed E-state index contributed by atoms with van der Waals surface area (Å²) in [6.07, 6.45) is 0.946. The van der Waals surface area contributed by atoms with Crippen LogP contribution in [0.15, 0.2) is 48.5 Å². The van der Waals surface area contributed by atoms with Gasteiger partial charge in [0.05, 0.1) is 16.6 Å². The van der Waals surface area contributed by atoms with E-state index in [1.165, 1.54) is 10.5 Å². The van der Waals surface area contributed by atoms with Crippen LogP contribution in [0.4, 0.5) is 11.4 Å². The minimum absolute atomic E-state index is 0.0319. The number of hydrogen-bond donors (Lipinski definition) is 1. The van der Waals surface area contributed by atoms with Crippen molar-refractivity contribution in [1.29, 1.82) is 0 Å². The number of aryl methyl sites for hydroxylation is 1. The molecule has 1 atom stereocenters. The number of anilines is 2. The van der Waals surface area contributed by atoms with Crippen LogP contribution in [0.1, 0.15) is 18.9 Å². The van der Waals surface area contributed by atoms with Crippen molar-refractivity contribution >= 4 is 40.8 Å². The molecule has 28 heavy (non-hydrogen) atoms. The van der Waals surface area contributed by atoms with E-state index in [2.05, 4.69) is 5.32 Å². The topological polar surface area (TPSA) is 75.7 Å². The van der Waals surface area contributed by atoms with E-state index in [1.807, 2.05) is 19.1 Å². The van der Waals surface area contributed by atoms with Crippen molar-refractivity contribution in [2.75, 3.05) is 23.4 Å². The van der Waals surface area contributed by atoms with Gasteiger partial charge < -0.3 is 15.0 Å². The number of carbonyl (C=O) groups excluding carboxylic acids is 3. The fourth-order valence-corrected chi connectivity index (χ4v) is 3.28. The zero-order valence-corrected chi connectivity index (χ0v) is 16.2. The van der Waals surface area contributed by atoms with Crippen LogP contribution >= 0.6 is 11.6 Å². The van der Waals surface area contributed by atoms with Gasteiger partial charge in [0, 0.05) is 18.7 Å². The summed E-state index contributed by atoms with van der Waals surface area (Å²) in [6, 6.07) is 14.4. The number of esters is 1. The summed E-state index contributed by atoms with van der Waals surface area (Å²) in [6.45, 7) is 1.83. The number of carbonyl (C=O) groups is 3. The molecule has 1 fully saturated rings. The smallest absolute Gasteiger partial charge is 0.311 e. The second-order valence-electron chi connectivity index (χ2n) is 6.56. The molecule has 6 nitrogen and oxygen atoms in total. The molecule has 0 bridgehead atoms. The van der Waals surface area contributed by atoms with E-state index in [4.69, 9.17) is 16.3 Å². The Hall–Kier alpha value is -2.86. The van der Waals surface area contributed by atoms with E-state index in [1.54, 1.807) is 36.4 Å². The molecule has 3 rings (SSSR count). The summed E-state index contributed by atoms with van der Waals surface area (Å²) >= 11 is 6.13. The van der Waals surface area contributed by atoms with E-state index >= 15 is 0 Å². The third-order valence-electron chi connectivity index (χ3n) is 4.59. The lowest BCUT2D eigenvalue weighted by Crippen LogP contribution is -2.28. The molecule has 2 aromatic rings. The highest BCUT2D eigenvalue weighted by molar-refractivity contribution is 6.33. The molecule has 0 spiro atoms. The fraction of sp³-hybridized carbons (Fsp3) is 0.286. The maximum absolute atomic E-state index is 12.3.